The summed E-state index contributed by atoms with van der Waals surface area (Å²) in [5.74, 6) is 1.96. The van der Waals surface area contributed by atoms with E-state index in [4.69, 9.17) is 9.97 Å². The number of nitrogens with zero attached hydrogens (tertiary/aromatic N) is 4. The first-order chi connectivity index (χ1) is 20.9. The second-order valence-corrected chi connectivity index (χ2v) is 11.7. The van der Waals surface area contributed by atoms with Crippen molar-refractivity contribution >= 4 is 43.6 Å². The van der Waals surface area contributed by atoms with Gasteiger partial charge in [0, 0.05) is 33.9 Å². The summed E-state index contributed by atoms with van der Waals surface area (Å²) in [6, 6.07) is 35.1. The molecule has 2 aliphatic carbocycles. The van der Waals surface area contributed by atoms with Gasteiger partial charge in [0.1, 0.15) is 11.6 Å². The summed E-state index contributed by atoms with van der Waals surface area (Å²) in [5, 5.41) is 5.31. The largest absolute Gasteiger partial charge is 0.293 e. The highest BCUT2D eigenvalue weighted by Crippen LogP contribution is 2.50. The van der Waals surface area contributed by atoms with Crippen LogP contribution in [0.2, 0.25) is 0 Å². The van der Waals surface area contributed by atoms with Gasteiger partial charge in [-0.25, -0.2) is 9.97 Å². The smallest absolute Gasteiger partial charge is 0.137 e. The highest BCUT2D eigenvalue weighted by Gasteiger charge is 2.32. The van der Waals surface area contributed by atoms with Crippen molar-refractivity contribution in [3.63, 3.8) is 0 Å². The Morgan fingerprint density at radius 1 is 0.452 bits per heavy atom. The molecule has 0 spiro atoms. The Hall–Kier alpha value is -5.22. The summed E-state index contributed by atoms with van der Waals surface area (Å²) >= 11 is 0. The van der Waals surface area contributed by atoms with Crippen LogP contribution in [0.5, 0.6) is 0 Å². The number of hydrogen-bond acceptors (Lipinski definition) is 2. The van der Waals surface area contributed by atoms with Gasteiger partial charge in [0.15, 0.2) is 0 Å². The number of fused-ring (bicyclic) bond motifs is 8. The molecule has 4 heterocycles. The van der Waals surface area contributed by atoms with Crippen LogP contribution in [0.25, 0.3) is 66.4 Å². The summed E-state index contributed by atoms with van der Waals surface area (Å²) in [4.78, 5) is 9.66. The molecule has 0 unspecified atom stereocenters. The molecular formula is C38H26N4. The number of hydrogen-bond donors (Lipinski definition) is 0. The highest BCUT2D eigenvalue weighted by molar-refractivity contribution is 6.15. The third-order valence-electron chi connectivity index (χ3n) is 9.58. The number of para-hydroxylation sites is 2. The fraction of sp³-hybridized carbons (Fsp3) is 0.105. The van der Waals surface area contributed by atoms with Crippen molar-refractivity contribution in [3.05, 3.63) is 132 Å². The number of aryl methyl sites for hydroxylation is 4. The molecule has 0 radical (unpaired) electrons. The van der Waals surface area contributed by atoms with Crippen molar-refractivity contribution in [3.8, 4) is 22.8 Å². The first-order valence-corrected chi connectivity index (χ1v) is 14.9. The zero-order valence-electron chi connectivity index (χ0n) is 23.0. The van der Waals surface area contributed by atoms with Gasteiger partial charge in [0.05, 0.1) is 22.1 Å². The Balaban J connectivity index is 1.37. The lowest BCUT2D eigenvalue weighted by atomic mass is 9.74. The Kier molecular flexibility index (Phi) is 4.37. The van der Waals surface area contributed by atoms with Gasteiger partial charge < -0.3 is 0 Å². The molecule has 0 fully saturated rings. The van der Waals surface area contributed by atoms with E-state index < -0.39 is 0 Å². The summed E-state index contributed by atoms with van der Waals surface area (Å²) in [7, 11) is 0. The fourth-order valence-corrected chi connectivity index (χ4v) is 8.01. The molecular weight excluding hydrogens is 512 g/mol. The summed E-state index contributed by atoms with van der Waals surface area (Å²) < 4.78 is 4.81. The van der Waals surface area contributed by atoms with Gasteiger partial charge in [0.25, 0.3) is 0 Å². The molecule has 0 N–H and O–H groups in total. The van der Waals surface area contributed by atoms with Crippen LogP contribution < -0.4 is 0 Å². The molecule has 0 bridgehead atoms. The third kappa shape index (κ3) is 2.81. The van der Waals surface area contributed by atoms with E-state index in [9.17, 15) is 0 Å². The Morgan fingerprint density at radius 3 is 1.36 bits per heavy atom. The van der Waals surface area contributed by atoms with Crippen molar-refractivity contribution in [2.45, 2.75) is 25.7 Å². The SMILES string of the molecule is c1ccc(-n2c3ccccc3c3cc4c5c(c32)CCc2c-5c(cc3c5ccccc5n(-c5ccccn5)c23)CC4)nc1. The number of pyridine rings is 2. The van der Waals surface area contributed by atoms with Crippen LogP contribution in [0.15, 0.2) is 109 Å². The number of rotatable bonds is 2. The van der Waals surface area contributed by atoms with Gasteiger partial charge in [-0.3, -0.25) is 9.13 Å². The second kappa shape index (κ2) is 8.17. The third-order valence-corrected chi connectivity index (χ3v) is 9.58. The number of aromatic nitrogens is 4. The average Bonchev–Trinajstić information content (AvgIpc) is 3.57. The van der Waals surface area contributed by atoms with Crippen molar-refractivity contribution in [2.24, 2.45) is 0 Å². The molecule has 10 rings (SSSR count). The molecule has 0 atom stereocenters. The molecule has 0 saturated heterocycles. The molecule has 198 valence electrons. The van der Waals surface area contributed by atoms with Crippen molar-refractivity contribution in [1.82, 2.24) is 19.1 Å². The maximum absolute atomic E-state index is 4.83. The van der Waals surface area contributed by atoms with Crippen molar-refractivity contribution in [2.75, 3.05) is 0 Å². The first kappa shape index (κ1) is 22.5. The lowest BCUT2D eigenvalue weighted by Gasteiger charge is -2.31. The summed E-state index contributed by atoms with van der Waals surface area (Å²) in [6.07, 6.45) is 7.94. The summed E-state index contributed by atoms with van der Waals surface area (Å²) in [6.45, 7) is 0. The molecule has 2 aliphatic rings. The van der Waals surface area contributed by atoms with E-state index in [1.165, 1.54) is 77.0 Å². The zero-order valence-corrected chi connectivity index (χ0v) is 23.0. The molecule has 0 saturated carbocycles. The van der Waals surface area contributed by atoms with Crippen molar-refractivity contribution in [1.29, 1.82) is 0 Å². The Labute approximate surface area is 242 Å². The van der Waals surface area contributed by atoms with Gasteiger partial charge in [-0.2, -0.15) is 0 Å². The molecule has 4 aromatic heterocycles. The van der Waals surface area contributed by atoms with E-state index in [0.717, 1.165) is 37.3 Å². The molecule has 4 nitrogen and oxygen atoms in total. The van der Waals surface area contributed by atoms with Crippen LogP contribution in [0, 0.1) is 0 Å². The van der Waals surface area contributed by atoms with Gasteiger partial charge in [-0.05, 0) is 108 Å². The van der Waals surface area contributed by atoms with E-state index in [1.54, 1.807) is 0 Å². The van der Waals surface area contributed by atoms with E-state index in [2.05, 4.69) is 94.1 Å². The highest BCUT2D eigenvalue weighted by atomic mass is 15.1. The quantitative estimate of drug-likeness (QED) is 0.221. The first-order valence-electron chi connectivity index (χ1n) is 14.9. The lowest BCUT2D eigenvalue weighted by Crippen LogP contribution is -2.16. The maximum atomic E-state index is 4.83. The van der Waals surface area contributed by atoms with Gasteiger partial charge in [-0.1, -0.05) is 48.5 Å². The minimum Gasteiger partial charge on any atom is -0.293 e. The molecule has 0 aliphatic heterocycles. The normalized spacial score (nSPS) is 13.8. The van der Waals surface area contributed by atoms with Crippen molar-refractivity contribution < 1.29 is 0 Å². The van der Waals surface area contributed by atoms with E-state index in [1.807, 2.05) is 24.5 Å². The van der Waals surface area contributed by atoms with Gasteiger partial charge in [-0.15, -0.1) is 0 Å². The molecule has 42 heavy (non-hydrogen) atoms. The fourth-order valence-electron chi connectivity index (χ4n) is 8.01. The average molecular weight is 539 g/mol. The minimum absolute atomic E-state index is 0.979. The molecule has 8 aromatic rings. The van der Waals surface area contributed by atoms with E-state index in [0.29, 0.717) is 0 Å². The van der Waals surface area contributed by atoms with Crippen LogP contribution in [-0.2, 0) is 25.7 Å². The molecule has 0 amide bonds. The number of benzene rings is 4. The predicted molar refractivity (Wildman–Crippen MR) is 171 cm³/mol. The van der Waals surface area contributed by atoms with Crippen LogP contribution in [0.4, 0.5) is 0 Å². The molecule has 4 heteroatoms. The topological polar surface area (TPSA) is 35.6 Å². The summed E-state index contributed by atoms with van der Waals surface area (Å²) in [5.41, 5.74) is 13.9. The standard InChI is InChI=1S/C38H26N4/c1-3-11-31-25(9-1)29-21-23-15-16-24-22-30-26-10-2-4-12-32(26)42(34-14-6-8-20-40-34)38(30)28-18-17-27(35(23)36(24)28)37(29)41(31)33-13-5-7-19-39-33/h1-14,19-22H,15-18H2. The Morgan fingerprint density at radius 2 is 0.905 bits per heavy atom. The van der Waals surface area contributed by atoms with Crippen LogP contribution in [0.3, 0.4) is 0 Å². The predicted octanol–water partition coefficient (Wildman–Crippen LogP) is 8.54. The van der Waals surface area contributed by atoms with Crippen LogP contribution in [-0.4, -0.2) is 19.1 Å². The van der Waals surface area contributed by atoms with Crippen LogP contribution in [0.1, 0.15) is 22.3 Å². The second-order valence-electron chi connectivity index (χ2n) is 11.7. The van der Waals surface area contributed by atoms with Gasteiger partial charge in [0.2, 0.25) is 0 Å². The maximum Gasteiger partial charge on any atom is 0.137 e. The van der Waals surface area contributed by atoms with Crippen LogP contribution >= 0.6 is 0 Å². The monoisotopic (exact) mass is 538 g/mol. The van der Waals surface area contributed by atoms with E-state index in [-0.39, 0.29) is 0 Å². The molecule has 4 aromatic carbocycles. The van der Waals surface area contributed by atoms with E-state index >= 15 is 0 Å². The minimum atomic E-state index is 0.979. The zero-order chi connectivity index (χ0) is 27.4. The van der Waals surface area contributed by atoms with Gasteiger partial charge >= 0.3 is 0 Å². The Bertz CT molecular complexity index is 2220. The lowest BCUT2D eigenvalue weighted by molar-refractivity contribution is 0.881.